The zero-order valence-electron chi connectivity index (χ0n) is 10.6. The van der Waals surface area contributed by atoms with Gasteiger partial charge in [-0.1, -0.05) is 6.92 Å². The highest BCUT2D eigenvalue weighted by Gasteiger charge is 2.25. The Labute approximate surface area is 106 Å². The van der Waals surface area contributed by atoms with Gasteiger partial charge >= 0.3 is 0 Å². The molecule has 4 heteroatoms. The summed E-state index contributed by atoms with van der Waals surface area (Å²) in [6.45, 7) is 4.23. The monoisotopic (exact) mass is 255 g/mol. The number of nitrogens with one attached hydrogen (secondary N) is 1. The van der Waals surface area contributed by atoms with Crippen molar-refractivity contribution in [3.63, 3.8) is 0 Å². The van der Waals surface area contributed by atoms with Gasteiger partial charge in [-0.15, -0.1) is 0 Å². The molecule has 1 saturated heterocycles. The van der Waals surface area contributed by atoms with Crippen LogP contribution in [0.2, 0.25) is 0 Å². The first kappa shape index (κ1) is 13.4. The summed E-state index contributed by atoms with van der Waals surface area (Å²) in [4.78, 5) is 0. The van der Waals surface area contributed by atoms with Crippen LogP contribution >= 0.6 is 0 Å². The molecule has 18 heavy (non-hydrogen) atoms. The fraction of sp³-hybridized carbons (Fsp3) is 0.571. The van der Waals surface area contributed by atoms with Gasteiger partial charge in [0.2, 0.25) is 0 Å². The summed E-state index contributed by atoms with van der Waals surface area (Å²) in [7, 11) is 0. The quantitative estimate of drug-likeness (QED) is 0.893. The Kier molecular flexibility index (Phi) is 4.66. The summed E-state index contributed by atoms with van der Waals surface area (Å²) in [5, 5.41) is 3.33. The van der Waals surface area contributed by atoms with Gasteiger partial charge in [-0.2, -0.15) is 0 Å². The maximum Gasteiger partial charge on any atom is 0.126 e. The van der Waals surface area contributed by atoms with Crippen molar-refractivity contribution in [1.29, 1.82) is 0 Å². The molecule has 0 saturated carbocycles. The van der Waals surface area contributed by atoms with E-state index in [9.17, 15) is 8.78 Å². The van der Waals surface area contributed by atoms with Crippen molar-refractivity contribution in [2.45, 2.75) is 25.8 Å². The van der Waals surface area contributed by atoms with Gasteiger partial charge < -0.3 is 10.1 Å². The molecular formula is C14H19F2NO. The van der Waals surface area contributed by atoms with E-state index >= 15 is 0 Å². The largest absolute Gasteiger partial charge is 0.381 e. The zero-order valence-corrected chi connectivity index (χ0v) is 10.6. The van der Waals surface area contributed by atoms with E-state index < -0.39 is 11.6 Å². The molecule has 1 aliphatic heterocycles. The second-order valence-corrected chi connectivity index (χ2v) is 4.69. The average Bonchev–Trinajstić information content (AvgIpc) is 2.36. The molecule has 0 aromatic heterocycles. The van der Waals surface area contributed by atoms with Crippen molar-refractivity contribution in [3.05, 3.63) is 35.4 Å². The van der Waals surface area contributed by atoms with Crippen molar-refractivity contribution in [3.8, 4) is 0 Å². The molecule has 1 fully saturated rings. The molecule has 1 atom stereocenters. The first-order valence-electron chi connectivity index (χ1n) is 6.48. The maximum absolute atomic E-state index is 13.3. The van der Waals surface area contributed by atoms with E-state index in [2.05, 4.69) is 5.32 Å². The van der Waals surface area contributed by atoms with Crippen LogP contribution in [-0.2, 0) is 4.74 Å². The summed E-state index contributed by atoms with van der Waals surface area (Å²) in [6, 6.07) is 3.76. The molecule has 0 aliphatic carbocycles. The fourth-order valence-electron chi connectivity index (χ4n) is 2.58. The number of rotatable bonds is 4. The Morgan fingerprint density at radius 3 is 2.39 bits per heavy atom. The van der Waals surface area contributed by atoms with E-state index in [1.807, 2.05) is 6.92 Å². The van der Waals surface area contributed by atoms with Gasteiger partial charge in [0, 0.05) is 25.3 Å². The van der Waals surface area contributed by atoms with Crippen LogP contribution in [0.4, 0.5) is 8.78 Å². The summed E-state index contributed by atoms with van der Waals surface area (Å²) in [6.07, 6.45) is 1.85. The Hall–Kier alpha value is -1.00. The molecular weight excluding hydrogens is 236 g/mol. The van der Waals surface area contributed by atoms with Gasteiger partial charge in [0.1, 0.15) is 11.6 Å². The molecule has 1 N–H and O–H groups in total. The molecule has 2 rings (SSSR count). The number of benzene rings is 1. The Bertz CT molecular complexity index is 371. The minimum absolute atomic E-state index is 0.00380. The number of halogens is 2. The fourth-order valence-corrected chi connectivity index (χ4v) is 2.58. The predicted molar refractivity (Wildman–Crippen MR) is 66.3 cm³/mol. The highest BCUT2D eigenvalue weighted by atomic mass is 19.1. The zero-order chi connectivity index (χ0) is 13.0. The lowest BCUT2D eigenvalue weighted by Crippen LogP contribution is -2.32. The SMILES string of the molecule is CCNC(c1cc(F)cc(F)c1)C1CCOCC1. The molecule has 1 aromatic carbocycles. The van der Waals surface area contributed by atoms with Crippen molar-refractivity contribution < 1.29 is 13.5 Å². The molecule has 1 aromatic rings. The lowest BCUT2D eigenvalue weighted by Gasteiger charge is -2.31. The minimum atomic E-state index is -0.514. The lowest BCUT2D eigenvalue weighted by atomic mass is 9.87. The van der Waals surface area contributed by atoms with Crippen LogP contribution in [0.25, 0.3) is 0 Å². The van der Waals surface area contributed by atoms with Gasteiger partial charge in [0.25, 0.3) is 0 Å². The third-order valence-electron chi connectivity index (χ3n) is 3.41. The summed E-state index contributed by atoms with van der Waals surface area (Å²) < 4.78 is 31.9. The third-order valence-corrected chi connectivity index (χ3v) is 3.41. The molecule has 0 spiro atoms. The van der Waals surface area contributed by atoms with E-state index in [1.54, 1.807) is 0 Å². The standard InChI is InChI=1S/C14H19F2NO/c1-2-17-14(10-3-5-18-6-4-10)11-7-12(15)9-13(16)8-11/h7-10,14,17H,2-6H2,1H3. The molecule has 1 heterocycles. The molecule has 0 amide bonds. The second kappa shape index (κ2) is 6.25. The molecule has 2 nitrogen and oxygen atoms in total. The maximum atomic E-state index is 13.3. The van der Waals surface area contributed by atoms with Gasteiger partial charge in [0.15, 0.2) is 0 Å². The van der Waals surface area contributed by atoms with Crippen molar-refractivity contribution in [2.24, 2.45) is 5.92 Å². The smallest absolute Gasteiger partial charge is 0.126 e. The normalized spacial score (nSPS) is 18.8. The predicted octanol–water partition coefficient (Wildman–Crippen LogP) is 3.04. The summed E-state index contributed by atoms with van der Waals surface area (Å²) >= 11 is 0. The highest BCUT2D eigenvalue weighted by Crippen LogP contribution is 2.30. The van der Waals surface area contributed by atoms with Crippen LogP contribution in [0.3, 0.4) is 0 Å². The van der Waals surface area contributed by atoms with Crippen LogP contribution in [-0.4, -0.2) is 19.8 Å². The molecule has 1 unspecified atom stereocenters. The third kappa shape index (κ3) is 3.27. The van der Waals surface area contributed by atoms with E-state index in [4.69, 9.17) is 4.74 Å². The van der Waals surface area contributed by atoms with E-state index in [0.29, 0.717) is 11.5 Å². The lowest BCUT2D eigenvalue weighted by molar-refractivity contribution is 0.0537. The molecule has 0 radical (unpaired) electrons. The first-order chi connectivity index (χ1) is 8.70. The van der Waals surface area contributed by atoms with Crippen molar-refractivity contribution in [1.82, 2.24) is 5.32 Å². The highest BCUT2D eigenvalue weighted by molar-refractivity contribution is 5.22. The number of ether oxygens (including phenoxy) is 1. The van der Waals surface area contributed by atoms with Gasteiger partial charge in [-0.05, 0) is 43.0 Å². The molecule has 0 bridgehead atoms. The Balaban J connectivity index is 2.22. The van der Waals surface area contributed by atoms with Crippen LogP contribution in [0.15, 0.2) is 18.2 Å². The minimum Gasteiger partial charge on any atom is -0.381 e. The molecule has 1 aliphatic rings. The average molecular weight is 255 g/mol. The van der Waals surface area contributed by atoms with Crippen LogP contribution in [0, 0.1) is 17.6 Å². The number of hydrogen-bond donors (Lipinski definition) is 1. The molecule has 100 valence electrons. The van der Waals surface area contributed by atoms with Crippen molar-refractivity contribution >= 4 is 0 Å². The van der Waals surface area contributed by atoms with Crippen LogP contribution in [0.1, 0.15) is 31.4 Å². The van der Waals surface area contributed by atoms with E-state index in [0.717, 1.165) is 38.7 Å². The summed E-state index contributed by atoms with van der Waals surface area (Å²) in [5.41, 5.74) is 0.696. The van der Waals surface area contributed by atoms with Crippen LogP contribution in [0.5, 0.6) is 0 Å². The Morgan fingerprint density at radius 2 is 1.83 bits per heavy atom. The van der Waals surface area contributed by atoms with Gasteiger partial charge in [-0.25, -0.2) is 8.78 Å². The first-order valence-corrected chi connectivity index (χ1v) is 6.48. The second-order valence-electron chi connectivity index (χ2n) is 4.69. The number of hydrogen-bond acceptors (Lipinski definition) is 2. The van der Waals surface area contributed by atoms with Crippen molar-refractivity contribution in [2.75, 3.05) is 19.8 Å². The Morgan fingerprint density at radius 1 is 1.22 bits per heavy atom. The topological polar surface area (TPSA) is 21.3 Å². The summed E-state index contributed by atoms with van der Waals surface area (Å²) in [5.74, 6) is -0.653. The van der Waals surface area contributed by atoms with Gasteiger partial charge in [-0.3, -0.25) is 0 Å². The van der Waals surface area contributed by atoms with Crippen LogP contribution < -0.4 is 5.32 Å². The van der Waals surface area contributed by atoms with Gasteiger partial charge in [0.05, 0.1) is 0 Å². The van der Waals surface area contributed by atoms with E-state index in [1.165, 1.54) is 12.1 Å². The van der Waals surface area contributed by atoms with E-state index in [-0.39, 0.29) is 6.04 Å².